The standard InChI is InChI=1S/C19H20N4OS/c1-13-19(22-17-7-5-4-6-16(17)20-13)25-12-18(24)21-14-8-10-15(11-9-14)23(2)3/h4-11H,12H2,1-3H3,(H,21,24). The van der Waals surface area contributed by atoms with Gasteiger partial charge in [0.25, 0.3) is 0 Å². The van der Waals surface area contributed by atoms with Gasteiger partial charge in [0.2, 0.25) is 5.91 Å². The molecule has 1 amide bonds. The summed E-state index contributed by atoms with van der Waals surface area (Å²) in [4.78, 5) is 23.3. The number of aromatic nitrogens is 2. The van der Waals surface area contributed by atoms with Crippen molar-refractivity contribution in [1.29, 1.82) is 0 Å². The van der Waals surface area contributed by atoms with Gasteiger partial charge in [-0.15, -0.1) is 0 Å². The zero-order valence-corrected chi connectivity index (χ0v) is 15.3. The van der Waals surface area contributed by atoms with Gasteiger partial charge in [0, 0.05) is 25.5 Å². The summed E-state index contributed by atoms with van der Waals surface area (Å²) in [6, 6.07) is 15.5. The van der Waals surface area contributed by atoms with Crippen molar-refractivity contribution in [1.82, 2.24) is 9.97 Å². The van der Waals surface area contributed by atoms with Crippen molar-refractivity contribution in [2.45, 2.75) is 11.9 Å². The normalized spacial score (nSPS) is 10.7. The first kappa shape index (κ1) is 17.2. The van der Waals surface area contributed by atoms with Gasteiger partial charge >= 0.3 is 0 Å². The van der Waals surface area contributed by atoms with E-state index in [0.717, 1.165) is 33.1 Å². The van der Waals surface area contributed by atoms with Crippen LogP contribution >= 0.6 is 11.8 Å². The van der Waals surface area contributed by atoms with E-state index >= 15 is 0 Å². The average Bonchev–Trinajstić information content (AvgIpc) is 2.60. The summed E-state index contributed by atoms with van der Waals surface area (Å²) in [5, 5.41) is 3.70. The Hall–Kier alpha value is -2.60. The van der Waals surface area contributed by atoms with Crippen LogP contribution in [0.25, 0.3) is 11.0 Å². The van der Waals surface area contributed by atoms with Crippen LogP contribution < -0.4 is 10.2 Å². The predicted octanol–water partition coefficient (Wildman–Crippen LogP) is 3.74. The van der Waals surface area contributed by atoms with Crippen LogP contribution in [-0.4, -0.2) is 35.7 Å². The maximum atomic E-state index is 12.2. The first-order valence-electron chi connectivity index (χ1n) is 7.96. The molecule has 0 unspecified atom stereocenters. The number of hydrogen-bond donors (Lipinski definition) is 1. The highest BCUT2D eigenvalue weighted by atomic mass is 32.2. The van der Waals surface area contributed by atoms with E-state index in [0.29, 0.717) is 5.75 Å². The third-order valence-electron chi connectivity index (χ3n) is 3.71. The molecule has 0 radical (unpaired) electrons. The van der Waals surface area contributed by atoms with Gasteiger partial charge in [-0.1, -0.05) is 23.9 Å². The molecule has 0 aliphatic carbocycles. The van der Waals surface area contributed by atoms with Crippen molar-refractivity contribution in [2.24, 2.45) is 0 Å². The van der Waals surface area contributed by atoms with Crippen molar-refractivity contribution in [3.63, 3.8) is 0 Å². The van der Waals surface area contributed by atoms with E-state index in [1.807, 2.05) is 74.4 Å². The first-order valence-corrected chi connectivity index (χ1v) is 8.95. The molecule has 0 atom stereocenters. The number of thioether (sulfide) groups is 1. The zero-order chi connectivity index (χ0) is 17.8. The Kier molecular flexibility index (Phi) is 5.19. The summed E-state index contributed by atoms with van der Waals surface area (Å²) in [6.07, 6.45) is 0. The fourth-order valence-electron chi connectivity index (χ4n) is 2.38. The van der Waals surface area contributed by atoms with Crippen LogP contribution in [-0.2, 0) is 4.79 Å². The van der Waals surface area contributed by atoms with Crippen molar-refractivity contribution < 1.29 is 4.79 Å². The number of fused-ring (bicyclic) bond motifs is 1. The molecule has 1 aromatic heterocycles. The number of rotatable bonds is 5. The van der Waals surface area contributed by atoms with Crippen LogP contribution in [0.4, 0.5) is 11.4 Å². The fourth-order valence-corrected chi connectivity index (χ4v) is 3.14. The van der Waals surface area contributed by atoms with Crippen LogP contribution in [0.3, 0.4) is 0 Å². The topological polar surface area (TPSA) is 58.1 Å². The molecule has 1 heterocycles. The van der Waals surface area contributed by atoms with E-state index in [4.69, 9.17) is 0 Å². The third kappa shape index (κ3) is 4.28. The van der Waals surface area contributed by atoms with Crippen molar-refractivity contribution >= 4 is 40.1 Å². The van der Waals surface area contributed by atoms with E-state index < -0.39 is 0 Å². The van der Waals surface area contributed by atoms with Crippen molar-refractivity contribution in [2.75, 3.05) is 30.1 Å². The first-order chi connectivity index (χ1) is 12.0. The molecule has 1 N–H and O–H groups in total. The maximum absolute atomic E-state index is 12.2. The van der Waals surface area contributed by atoms with Crippen molar-refractivity contribution in [3.05, 3.63) is 54.2 Å². The Labute approximate surface area is 151 Å². The lowest BCUT2D eigenvalue weighted by Crippen LogP contribution is -2.14. The molecule has 25 heavy (non-hydrogen) atoms. The summed E-state index contributed by atoms with van der Waals surface area (Å²) < 4.78 is 0. The molecular formula is C19H20N4OS. The zero-order valence-electron chi connectivity index (χ0n) is 14.5. The number of amides is 1. The molecule has 0 bridgehead atoms. The highest BCUT2D eigenvalue weighted by molar-refractivity contribution is 8.00. The van der Waals surface area contributed by atoms with E-state index in [2.05, 4.69) is 15.3 Å². The minimum Gasteiger partial charge on any atom is -0.378 e. The van der Waals surface area contributed by atoms with Crippen LogP contribution in [0.2, 0.25) is 0 Å². The van der Waals surface area contributed by atoms with Gasteiger partial charge < -0.3 is 10.2 Å². The van der Waals surface area contributed by atoms with Crippen LogP contribution in [0.15, 0.2) is 53.6 Å². The molecule has 0 aliphatic heterocycles. The molecule has 0 spiro atoms. The molecule has 0 saturated heterocycles. The van der Waals surface area contributed by atoms with Crippen LogP contribution in [0.1, 0.15) is 5.69 Å². The lowest BCUT2D eigenvalue weighted by Gasteiger charge is -2.13. The Morgan fingerprint density at radius 3 is 2.32 bits per heavy atom. The van der Waals surface area contributed by atoms with Crippen LogP contribution in [0, 0.1) is 6.92 Å². The number of para-hydroxylation sites is 2. The van der Waals surface area contributed by atoms with Gasteiger partial charge in [-0.2, -0.15) is 0 Å². The highest BCUT2D eigenvalue weighted by Crippen LogP contribution is 2.22. The molecule has 0 aliphatic rings. The van der Waals surface area contributed by atoms with Gasteiger partial charge in [0.15, 0.2) is 0 Å². The van der Waals surface area contributed by atoms with Gasteiger partial charge in [-0.05, 0) is 43.3 Å². The molecule has 6 heteroatoms. The number of aryl methyl sites for hydroxylation is 1. The number of nitrogens with one attached hydrogen (secondary N) is 1. The van der Waals surface area contributed by atoms with E-state index in [9.17, 15) is 4.79 Å². The molecule has 5 nitrogen and oxygen atoms in total. The summed E-state index contributed by atoms with van der Waals surface area (Å²) in [5.41, 5.74) is 4.43. The lowest BCUT2D eigenvalue weighted by molar-refractivity contribution is -0.113. The smallest absolute Gasteiger partial charge is 0.234 e. The average molecular weight is 352 g/mol. The molecule has 3 rings (SSSR count). The number of carbonyl (C=O) groups excluding carboxylic acids is 1. The third-order valence-corrected chi connectivity index (χ3v) is 4.78. The molecular weight excluding hydrogens is 332 g/mol. The summed E-state index contributed by atoms with van der Waals surface area (Å²) in [6.45, 7) is 1.92. The second kappa shape index (κ2) is 7.53. The van der Waals surface area contributed by atoms with Gasteiger partial charge in [-0.25, -0.2) is 9.97 Å². The number of hydrogen-bond acceptors (Lipinski definition) is 5. The fraction of sp³-hybridized carbons (Fsp3) is 0.211. The quantitative estimate of drug-likeness (QED) is 0.709. The Bertz CT molecular complexity index is 894. The largest absolute Gasteiger partial charge is 0.378 e. The van der Waals surface area contributed by atoms with Gasteiger partial charge in [0.1, 0.15) is 5.03 Å². The summed E-state index contributed by atoms with van der Waals surface area (Å²) >= 11 is 1.40. The predicted molar refractivity (Wildman–Crippen MR) is 104 cm³/mol. The van der Waals surface area contributed by atoms with E-state index in [1.54, 1.807) is 0 Å². The Morgan fingerprint density at radius 1 is 1.04 bits per heavy atom. The monoisotopic (exact) mass is 352 g/mol. The second-order valence-electron chi connectivity index (χ2n) is 5.88. The van der Waals surface area contributed by atoms with Crippen molar-refractivity contribution in [3.8, 4) is 0 Å². The second-order valence-corrected chi connectivity index (χ2v) is 6.85. The summed E-state index contributed by atoms with van der Waals surface area (Å²) in [7, 11) is 3.97. The number of nitrogens with zero attached hydrogens (tertiary/aromatic N) is 3. The Balaban J connectivity index is 1.63. The number of carbonyl (C=O) groups is 1. The SMILES string of the molecule is Cc1nc2ccccc2nc1SCC(=O)Nc1ccc(N(C)C)cc1. The summed E-state index contributed by atoms with van der Waals surface area (Å²) in [5.74, 6) is 0.237. The molecule has 128 valence electrons. The van der Waals surface area contributed by atoms with E-state index in [-0.39, 0.29) is 5.91 Å². The Morgan fingerprint density at radius 2 is 1.68 bits per heavy atom. The van der Waals surface area contributed by atoms with Crippen LogP contribution in [0.5, 0.6) is 0 Å². The minimum atomic E-state index is -0.0584. The maximum Gasteiger partial charge on any atom is 0.234 e. The van der Waals surface area contributed by atoms with Gasteiger partial charge in [-0.3, -0.25) is 4.79 Å². The number of benzene rings is 2. The van der Waals surface area contributed by atoms with Gasteiger partial charge in [0.05, 0.1) is 22.5 Å². The molecule has 0 saturated carbocycles. The lowest BCUT2D eigenvalue weighted by atomic mass is 10.2. The minimum absolute atomic E-state index is 0.0584. The number of anilines is 2. The molecule has 3 aromatic rings. The van der Waals surface area contributed by atoms with E-state index in [1.165, 1.54) is 11.8 Å². The molecule has 0 fully saturated rings. The highest BCUT2D eigenvalue weighted by Gasteiger charge is 2.09. The molecule has 2 aromatic carbocycles.